The summed E-state index contributed by atoms with van der Waals surface area (Å²) in [6, 6.07) is 44.7. The maximum atomic E-state index is 4.60. The summed E-state index contributed by atoms with van der Waals surface area (Å²) in [5.74, 6) is 0. The monoisotopic (exact) mass is 473 g/mol. The fourth-order valence-corrected chi connectivity index (χ4v) is 5.16. The minimum atomic E-state index is 0.948. The summed E-state index contributed by atoms with van der Waals surface area (Å²) in [6.45, 7) is 0. The summed E-state index contributed by atoms with van der Waals surface area (Å²) < 4.78 is 2.35. The van der Waals surface area contributed by atoms with Gasteiger partial charge in [0.2, 0.25) is 0 Å². The molecular formula is C34H23N3. The summed E-state index contributed by atoms with van der Waals surface area (Å²) in [7, 11) is 0. The number of pyridine rings is 2. The summed E-state index contributed by atoms with van der Waals surface area (Å²) in [5.41, 5.74) is 9.91. The summed E-state index contributed by atoms with van der Waals surface area (Å²) in [6.07, 6.45) is 3.67. The van der Waals surface area contributed by atoms with Crippen molar-refractivity contribution in [2.24, 2.45) is 0 Å². The van der Waals surface area contributed by atoms with Crippen LogP contribution in [0.15, 0.2) is 140 Å². The third-order valence-corrected chi connectivity index (χ3v) is 6.89. The third kappa shape index (κ3) is 3.78. The highest BCUT2D eigenvalue weighted by Crippen LogP contribution is 2.34. The van der Waals surface area contributed by atoms with Crippen molar-refractivity contribution >= 4 is 21.8 Å². The Bertz CT molecular complexity index is 1740. The van der Waals surface area contributed by atoms with Crippen LogP contribution in [0.5, 0.6) is 0 Å². The third-order valence-electron chi connectivity index (χ3n) is 6.89. The molecule has 0 unspecified atom stereocenters. The van der Waals surface area contributed by atoms with Gasteiger partial charge in [-0.15, -0.1) is 0 Å². The van der Waals surface area contributed by atoms with Crippen molar-refractivity contribution in [1.82, 2.24) is 14.5 Å². The standard InChI is InChI=1S/C34H23N3/c1-3-13-33-29(9-1)30-10-2-4-14-34(30)37(33)28-17-15-24(16-18-28)25-21-26(31-11-5-7-19-35-31)23-27(22-25)32-12-6-8-20-36-32/h1-23H. The molecule has 7 rings (SSSR count). The molecule has 4 aromatic carbocycles. The average Bonchev–Trinajstić information content (AvgIpc) is 3.32. The van der Waals surface area contributed by atoms with E-state index in [2.05, 4.69) is 106 Å². The first-order valence-corrected chi connectivity index (χ1v) is 12.4. The summed E-state index contributed by atoms with van der Waals surface area (Å²) in [5, 5.41) is 2.54. The van der Waals surface area contributed by atoms with Crippen LogP contribution in [0.3, 0.4) is 0 Å². The summed E-state index contributed by atoms with van der Waals surface area (Å²) >= 11 is 0. The van der Waals surface area contributed by atoms with Gasteiger partial charge in [-0.1, -0.05) is 60.7 Å². The van der Waals surface area contributed by atoms with Crippen molar-refractivity contribution in [3.05, 3.63) is 140 Å². The van der Waals surface area contributed by atoms with Gasteiger partial charge in [-0.05, 0) is 77.9 Å². The summed E-state index contributed by atoms with van der Waals surface area (Å²) in [4.78, 5) is 9.20. The number of nitrogens with zero attached hydrogens (tertiary/aromatic N) is 3. The highest BCUT2D eigenvalue weighted by Gasteiger charge is 2.12. The second-order valence-electron chi connectivity index (χ2n) is 9.15. The van der Waals surface area contributed by atoms with Crippen molar-refractivity contribution in [1.29, 1.82) is 0 Å². The number of para-hydroxylation sites is 2. The van der Waals surface area contributed by atoms with E-state index in [0.29, 0.717) is 0 Å². The molecule has 0 aliphatic rings. The molecule has 7 aromatic rings. The van der Waals surface area contributed by atoms with Gasteiger partial charge in [-0.25, -0.2) is 0 Å². The molecule has 0 aliphatic carbocycles. The predicted molar refractivity (Wildman–Crippen MR) is 153 cm³/mol. The Morgan fingerprint density at radius 1 is 0.405 bits per heavy atom. The molecule has 0 fully saturated rings. The van der Waals surface area contributed by atoms with E-state index in [0.717, 1.165) is 39.3 Å². The highest BCUT2D eigenvalue weighted by atomic mass is 15.0. The highest BCUT2D eigenvalue weighted by molar-refractivity contribution is 6.09. The zero-order chi connectivity index (χ0) is 24.6. The Labute approximate surface area is 215 Å². The lowest BCUT2D eigenvalue weighted by Crippen LogP contribution is -1.94. The number of benzene rings is 4. The Hall–Kier alpha value is -5.02. The number of hydrogen-bond acceptors (Lipinski definition) is 2. The van der Waals surface area contributed by atoms with E-state index in [1.165, 1.54) is 21.8 Å². The molecule has 0 saturated heterocycles. The van der Waals surface area contributed by atoms with Gasteiger partial charge in [0.25, 0.3) is 0 Å². The lowest BCUT2D eigenvalue weighted by molar-refractivity contribution is 1.18. The van der Waals surface area contributed by atoms with Crippen LogP contribution in [0.4, 0.5) is 0 Å². The SMILES string of the molecule is c1ccc(-c2cc(-c3ccc(-n4c5ccccc5c5ccccc54)cc3)cc(-c3ccccn3)c2)nc1. The molecule has 0 amide bonds. The number of aromatic nitrogens is 3. The second-order valence-corrected chi connectivity index (χ2v) is 9.15. The second kappa shape index (κ2) is 8.89. The molecule has 0 bridgehead atoms. The Morgan fingerprint density at radius 3 is 1.41 bits per heavy atom. The number of fused-ring (bicyclic) bond motifs is 3. The zero-order valence-electron chi connectivity index (χ0n) is 20.1. The molecule has 3 nitrogen and oxygen atoms in total. The van der Waals surface area contributed by atoms with Crippen LogP contribution in [0.2, 0.25) is 0 Å². The molecule has 3 heterocycles. The quantitative estimate of drug-likeness (QED) is 0.256. The van der Waals surface area contributed by atoms with Crippen LogP contribution in [0.1, 0.15) is 0 Å². The maximum absolute atomic E-state index is 4.60. The molecule has 0 saturated carbocycles. The maximum Gasteiger partial charge on any atom is 0.0702 e. The normalized spacial score (nSPS) is 11.2. The van der Waals surface area contributed by atoms with Gasteiger partial charge in [0.15, 0.2) is 0 Å². The number of hydrogen-bond donors (Lipinski definition) is 0. The molecule has 0 N–H and O–H groups in total. The minimum Gasteiger partial charge on any atom is -0.309 e. The van der Waals surface area contributed by atoms with Crippen molar-refractivity contribution in [3.8, 4) is 39.3 Å². The van der Waals surface area contributed by atoms with E-state index >= 15 is 0 Å². The van der Waals surface area contributed by atoms with E-state index in [1.807, 2.05) is 48.8 Å². The first-order chi connectivity index (χ1) is 18.3. The van der Waals surface area contributed by atoms with Crippen LogP contribution in [0.25, 0.3) is 61.1 Å². The molecule has 0 atom stereocenters. The van der Waals surface area contributed by atoms with Crippen molar-refractivity contribution < 1.29 is 0 Å². The smallest absolute Gasteiger partial charge is 0.0702 e. The van der Waals surface area contributed by atoms with Crippen LogP contribution >= 0.6 is 0 Å². The fraction of sp³-hybridized carbons (Fsp3) is 0. The lowest BCUT2D eigenvalue weighted by atomic mass is 9.96. The van der Waals surface area contributed by atoms with Gasteiger partial charge in [0, 0.05) is 40.0 Å². The number of rotatable bonds is 4. The molecule has 3 aromatic heterocycles. The van der Waals surface area contributed by atoms with Crippen molar-refractivity contribution in [2.75, 3.05) is 0 Å². The van der Waals surface area contributed by atoms with Crippen molar-refractivity contribution in [3.63, 3.8) is 0 Å². The van der Waals surface area contributed by atoms with Gasteiger partial charge in [-0.2, -0.15) is 0 Å². The molecule has 0 radical (unpaired) electrons. The van der Waals surface area contributed by atoms with Crippen LogP contribution in [-0.4, -0.2) is 14.5 Å². The molecule has 0 aliphatic heterocycles. The Morgan fingerprint density at radius 2 is 0.892 bits per heavy atom. The van der Waals surface area contributed by atoms with E-state index < -0.39 is 0 Å². The van der Waals surface area contributed by atoms with Gasteiger partial charge in [-0.3, -0.25) is 9.97 Å². The van der Waals surface area contributed by atoms with Gasteiger partial charge in [0.1, 0.15) is 0 Å². The molecule has 0 spiro atoms. The fourth-order valence-electron chi connectivity index (χ4n) is 5.16. The van der Waals surface area contributed by atoms with Gasteiger partial charge < -0.3 is 4.57 Å². The minimum absolute atomic E-state index is 0.948. The topological polar surface area (TPSA) is 30.7 Å². The van der Waals surface area contributed by atoms with Crippen LogP contribution < -0.4 is 0 Å². The van der Waals surface area contributed by atoms with E-state index in [4.69, 9.17) is 0 Å². The predicted octanol–water partition coefficient (Wildman–Crippen LogP) is 8.57. The molecule has 37 heavy (non-hydrogen) atoms. The molecule has 3 heteroatoms. The Balaban J connectivity index is 1.37. The van der Waals surface area contributed by atoms with Crippen molar-refractivity contribution in [2.45, 2.75) is 0 Å². The zero-order valence-corrected chi connectivity index (χ0v) is 20.1. The molecular weight excluding hydrogens is 450 g/mol. The Kier molecular flexibility index (Phi) is 5.11. The van der Waals surface area contributed by atoms with Gasteiger partial charge >= 0.3 is 0 Å². The average molecular weight is 474 g/mol. The van der Waals surface area contributed by atoms with Gasteiger partial charge in [0.05, 0.1) is 22.4 Å². The first kappa shape index (κ1) is 21.3. The van der Waals surface area contributed by atoms with E-state index in [9.17, 15) is 0 Å². The lowest BCUT2D eigenvalue weighted by Gasteiger charge is -2.12. The largest absolute Gasteiger partial charge is 0.309 e. The van der Waals surface area contributed by atoms with E-state index in [-0.39, 0.29) is 0 Å². The van der Waals surface area contributed by atoms with Crippen LogP contribution in [-0.2, 0) is 0 Å². The molecule has 174 valence electrons. The van der Waals surface area contributed by atoms with Crippen LogP contribution in [0, 0.1) is 0 Å². The van der Waals surface area contributed by atoms with E-state index in [1.54, 1.807) is 0 Å². The first-order valence-electron chi connectivity index (χ1n) is 12.4.